The summed E-state index contributed by atoms with van der Waals surface area (Å²) in [5, 5.41) is 0. The van der Waals surface area contributed by atoms with E-state index in [1.54, 1.807) is 0 Å². The summed E-state index contributed by atoms with van der Waals surface area (Å²) in [5.41, 5.74) is 6.56. The number of hydrogen-bond acceptors (Lipinski definition) is 3. The van der Waals surface area contributed by atoms with Gasteiger partial charge in [-0.25, -0.2) is 0 Å². The monoisotopic (exact) mass is 238 g/mol. The van der Waals surface area contributed by atoms with Crippen molar-refractivity contribution in [2.75, 3.05) is 26.8 Å². The Kier molecular flexibility index (Phi) is 3.18. The Morgan fingerprint density at radius 2 is 1.59 bits per heavy atom. The number of ether oxygens (including phenoxy) is 1. The highest BCUT2D eigenvalue weighted by Gasteiger charge is 2.56. The number of rotatable bonds is 5. The molecule has 0 aromatic carbocycles. The van der Waals surface area contributed by atoms with Gasteiger partial charge in [-0.15, -0.1) is 0 Å². The summed E-state index contributed by atoms with van der Waals surface area (Å²) in [6, 6.07) is 0.702. The van der Waals surface area contributed by atoms with Gasteiger partial charge in [-0.05, 0) is 57.4 Å². The van der Waals surface area contributed by atoms with E-state index in [1.807, 2.05) is 0 Å². The fourth-order valence-corrected chi connectivity index (χ4v) is 3.97. The average Bonchev–Trinajstić information content (AvgIpc) is 3.24. The van der Waals surface area contributed by atoms with Crippen molar-refractivity contribution >= 4 is 0 Å². The first-order valence-corrected chi connectivity index (χ1v) is 7.30. The standard InChI is InChI=1S/C14H26N2O/c1-16(13-6-8-17-9-7-13)14(10-15,11-2-3-11)12-4-5-12/h11-13H,2-10,15H2,1H3. The molecule has 1 heterocycles. The lowest BCUT2D eigenvalue weighted by Crippen LogP contribution is -2.60. The van der Waals surface area contributed by atoms with Crippen LogP contribution in [-0.2, 0) is 4.74 Å². The highest BCUT2D eigenvalue weighted by Crippen LogP contribution is 2.55. The SMILES string of the molecule is CN(C1CCOCC1)C(CN)(C1CC1)C1CC1. The van der Waals surface area contributed by atoms with Gasteiger partial charge in [0.1, 0.15) is 0 Å². The largest absolute Gasteiger partial charge is 0.381 e. The van der Waals surface area contributed by atoms with Crippen LogP contribution in [0.1, 0.15) is 38.5 Å². The predicted molar refractivity (Wildman–Crippen MR) is 68.8 cm³/mol. The topological polar surface area (TPSA) is 38.5 Å². The van der Waals surface area contributed by atoms with Crippen LogP contribution in [0, 0.1) is 11.8 Å². The molecule has 3 heteroatoms. The van der Waals surface area contributed by atoms with Crippen LogP contribution in [0.5, 0.6) is 0 Å². The molecule has 3 rings (SSSR count). The zero-order chi connectivity index (χ0) is 11.9. The molecule has 0 bridgehead atoms. The summed E-state index contributed by atoms with van der Waals surface area (Å²) >= 11 is 0. The third-order valence-corrected chi connectivity index (χ3v) is 5.29. The lowest BCUT2D eigenvalue weighted by Gasteiger charge is -2.47. The average molecular weight is 238 g/mol. The van der Waals surface area contributed by atoms with Gasteiger partial charge in [0, 0.05) is 31.3 Å². The molecule has 3 nitrogen and oxygen atoms in total. The van der Waals surface area contributed by atoms with E-state index in [-0.39, 0.29) is 0 Å². The molecule has 17 heavy (non-hydrogen) atoms. The molecule has 0 amide bonds. The lowest BCUT2D eigenvalue weighted by molar-refractivity contribution is -0.0201. The number of hydrogen-bond donors (Lipinski definition) is 1. The predicted octanol–water partition coefficient (Wildman–Crippen LogP) is 1.61. The first kappa shape index (κ1) is 11.9. The molecule has 1 aliphatic heterocycles. The van der Waals surface area contributed by atoms with E-state index in [0.717, 1.165) is 31.6 Å². The molecule has 0 aromatic rings. The Labute approximate surface area is 105 Å². The minimum absolute atomic E-state index is 0.335. The van der Waals surface area contributed by atoms with E-state index in [0.29, 0.717) is 11.6 Å². The molecule has 0 unspecified atom stereocenters. The molecule has 0 aromatic heterocycles. The van der Waals surface area contributed by atoms with E-state index in [2.05, 4.69) is 11.9 Å². The molecule has 2 aliphatic carbocycles. The Morgan fingerprint density at radius 1 is 1.06 bits per heavy atom. The summed E-state index contributed by atoms with van der Waals surface area (Å²) in [6.07, 6.45) is 8.00. The molecule has 98 valence electrons. The third kappa shape index (κ3) is 2.02. The second-order valence-electron chi connectivity index (χ2n) is 6.20. The molecule has 3 aliphatic rings. The lowest BCUT2D eigenvalue weighted by atomic mass is 9.83. The van der Waals surface area contributed by atoms with Crippen molar-refractivity contribution in [2.45, 2.75) is 50.1 Å². The first-order chi connectivity index (χ1) is 8.29. The minimum Gasteiger partial charge on any atom is -0.381 e. The highest BCUT2D eigenvalue weighted by atomic mass is 16.5. The van der Waals surface area contributed by atoms with E-state index in [9.17, 15) is 0 Å². The number of nitrogens with two attached hydrogens (primary N) is 1. The fraction of sp³-hybridized carbons (Fsp3) is 1.00. The molecule has 0 spiro atoms. The van der Waals surface area contributed by atoms with Crippen LogP contribution in [-0.4, -0.2) is 43.3 Å². The summed E-state index contributed by atoms with van der Waals surface area (Å²) in [6.45, 7) is 2.73. The van der Waals surface area contributed by atoms with Crippen molar-refractivity contribution in [1.29, 1.82) is 0 Å². The summed E-state index contributed by atoms with van der Waals surface area (Å²) < 4.78 is 5.49. The van der Waals surface area contributed by atoms with Crippen molar-refractivity contribution in [3.8, 4) is 0 Å². The Balaban J connectivity index is 1.76. The number of likely N-dealkylation sites (N-methyl/N-ethyl adjacent to an activating group) is 1. The zero-order valence-corrected chi connectivity index (χ0v) is 11.0. The maximum atomic E-state index is 6.22. The van der Waals surface area contributed by atoms with E-state index in [4.69, 9.17) is 10.5 Å². The van der Waals surface area contributed by atoms with Gasteiger partial charge in [0.25, 0.3) is 0 Å². The quantitative estimate of drug-likeness (QED) is 0.791. The first-order valence-electron chi connectivity index (χ1n) is 7.30. The van der Waals surface area contributed by atoms with Gasteiger partial charge >= 0.3 is 0 Å². The Bertz CT molecular complexity index is 255. The maximum Gasteiger partial charge on any atom is 0.0480 e. The van der Waals surface area contributed by atoms with Gasteiger partial charge in [0.2, 0.25) is 0 Å². The molecular formula is C14H26N2O. The van der Waals surface area contributed by atoms with E-state index < -0.39 is 0 Å². The Morgan fingerprint density at radius 3 is 2.00 bits per heavy atom. The van der Waals surface area contributed by atoms with E-state index in [1.165, 1.54) is 38.5 Å². The van der Waals surface area contributed by atoms with E-state index >= 15 is 0 Å². The van der Waals surface area contributed by atoms with Crippen molar-refractivity contribution in [1.82, 2.24) is 4.90 Å². The van der Waals surface area contributed by atoms with Gasteiger partial charge in [0.05, 0.1) is 0 Å². The van der Waals surface area contributed by atoms with Crippen LogP contribution in [0.15, 0.2) is 0 Å². The molecule has 0 atom stereocenters. The Hall–Kier alpha value is -0.120. The highest BCUT2D eigenvalue weighted by molar-refractivity contribution is 5.11. The molecule has 1 saturated heterocycles. The van der Waals surface area contributed by atoms with Crippen molar-refractivity contribution in [3.63, 3.8) is 0 Å². The summed E-state index contributed by atoms with van der Waals surface area (Å²) in [5.74, 6) is 1.76. The molecule has 2 N–H and O–H groups in total. The second-order valence-corrected chi connectivity index (χ2v) is 6.20. The molecule has 3 fully saturated rings. The van der Waals surface area contributed by atoms with Crippen molar-refractivity contribution in [3.05, 3.63) is 0 Å². The van der Waals surface area contributed by atoms with Gasteiger partial charge in [-0.3, -0.25) is 4.90 Å². The van der Waals surface area contributed by atoms with Gasteiger partial charge in [0.15, 0.2) is 0 Å². The summed E-state index contributed by atoms with van der Waals surface area (Å²) in [7, 11) is 2.33. The van der Waals surface area contributed by atoms with Crippen LogP contribution in [0.4, 0.5) is 0 Å². The summed E-state index contributed by atoms with van der Waals surface area (Å²) in [4.78, 5) is 2.67. The number of nitrogens with zero attached hydrogens (tertiary/aromatic N) is 1. The second kappa shape index (κ2) is 4.52. The smallest absolute Gasteiger partial charge is 0.0480 e. The van der Waals surface area contributed by atoms with Crippen LogP contribution in [0.2, 0.25) is 0 Å². The van der Waals surface area contributed by atoms with Crippen LogP contribution >= 0.6 is 0 Å². The van der Waals surface area contributed by atoms with Crippen LogP contribution < -0.4 is 5.73 Å². The van der Waals surface area contributed by atoms with Gasteiger partial charge in [-0.2, -0.15) is 0 Å². The van der Waals surface area contributed by atoms with Gasteiger partial charge in [-0.1, -0.05) is 0 Å². The maximum absolute atomic E-state index is 6.22. The van der Waals surface area contributed by atoms with Crippen LogP contribution in [0.3, 0.4) is 0 Å². The van der Waals surface area contributed by atoms with Crippen LogP contribution in [0.25, 0.3) is 0 Å². The van der Waals surface area contributed by atoms with Gasteiger partial charge < -0.3 is 10.5 Å². The van der Waals surface area contributed by atoms with Crippen molar-refractivity contribution in [2.24, 2.45) is 17.6 Å². The zero-order valence-electron chi connectivity index (χ0n) is 11.0. The fourth-order valence-electron chi connectivity index (χ4n) is 3.97. The van der Waals surface area contributed by atoms with Crippen molar-refractivity contribution < 1.29 is 4.74 Å². The normalized spacial score (nSPS) is 27.7. The third-order valence-electron chi connectivity index (χ3n) is 5.29. The minimum atomic E-state index is 0.335. The molecule has 2 saturated carbocycles. The molecular weight excluding hydrogens is 212 g/mol. The molecule has 0 radical (unpaired) electrons.